The molecule has 1 rings (SSSR count). The van der Waals surface area contributed by atoms with Gasteiger partial charge in [-0.3, -0.25) is 9.59 Å². The van der Waals surface area contributed by atoms with Crippen molar-refractivity contribution < 1.29 is 9.59 Å². The summed E-state index contributed by atoms with van der Waals surface area (Å²) in [5, 5.41) is 2.91. The Morgan fingerprint density at radius 3 is 2.50 bits per heavy atom. The second-order valence-electron chi connectivity index (χ2n) is 5.46. The van der Waals surface area contributed by atoms with Crippen molar-refractivity contribution in [2.45, 2.75) is 52.9 Å². The number of carbonyl (C=O) groups is 2. The number of aryl methyl sites for hydroxylation is 1. The first-order valence-corrected chi connectivity index (χ1v) is 8.22. The molecule has 0 bridgehead atoms. The van der Waals surface area contributed by atoms with Crippen LogP contribution in [0.15, 0.2) is 24.3 Å². The molecule has 1 N–H and O–H groups in total. The molecular weight excluding hydrogens is 276 g/mol. The van der Waals surface area contributed by atoms with Gasteiger partial charge in [0, 0.05) is 32.1 Å². The third kappa shape index (κ3) is 5.88. The van der Waals surface area contributed by atoms with Crippen LogP contribution >= 0.6 is 0 Å². The van der Waals surface area contributed by atoms with E-state index < -0.39 is 0 Å². The van der Waals surface area contributed by atoms with E-state index in [2.05, 4.69) is 19.2 Å². The Morgan fingerprint density at radius 1 is 1.14 bits per heavy atom. The summed E-state index contributed by atoms with van der Waals surface area (Å²) in [5.41, 5.74) is 2.04. The van der Waals surface area contributed by atoms with Crippen LogP contribution in [0.1, 0.15) is 52.0 Å². The van der Waals surface area contributed by atoms with Gasteiger partial charge >= 0.3 is 0 Å². The van der Waals surface area contributed by atoms with Crippen LogP contribution in [0, 0.1) is 0 Å². The minimum atomic E-state index is -0.0281. The van der Waals surface area contributed by atoms with Gasteiger partial charge < -0.3 is 10.2 Å². The smallest absolute Gasteiger partial charge is 0.223 e. The van der Waals surface area contributed by atoms with Crippen molar-refractivity contribution >= 4 is 17.5 Å². The summed E-state index contributed by atoms with van der Waals surface area (Å²) in [6, 6.07) is 7.87. The second-order valence-corrected chi connectivity index (χ2v) is 5.46. The molecule has 0 heterocycles. The third-order valence-electron chi connectivity index (χ3n) is 3.71. The fraction of sp³-hybridized carbons (Fsp3) is 0.556. The second kappa shape index (κ2) is 9.98. The molecule has 0 aliphatic rings. The Kier molecular flexibility index (Phi) is 8.26. The standard InChI is InChI=1S/C18H28N2O2/c1-4-6-9-13-19-18(22)12-14-20(15(3)21)17-11-8-7-10-16(17)5-2/h7-8,10-11H,4-6,9,12-14H2,1-3H3,(H,19,22). The van der Waals surface area contributed by atoms with Crippen LogP contribution < -0.4 is 10.2 Å². The maximum atomic E-state index is 11.9. The van der Waals surface area contributed by atoms with Crippen molar-refractivity contribution in [1.29, 1.82) is 0 Å². The molecule has 0 saturated carbocycles. The average molecular weight is 304 g/mol. The highest BCUT2D eigenvalue weighted by Crippen LogP contribution is 2.21. The molecule has 0 saturated heterocycles. The molecule has 0 radical (unpaired) electrons. The summed E-state index contributed by atoms with van der Waals surface area (Å²) in [7, 11) is 0. The van der Waals surface area contributed by atoms with Gasteiger partial charge in [-0.2, -0.15) is 0 Å². The SMILES string of the molecule is CCCCCNC(=O)CCN(C(C)=O)c1ccccc1CC. The van der Waals surface area contributed by atoms with E-state index in [-0.39, 0.29) is 11.8 Å². The number of nitrogens with zero attached hydrogens (tertiary/aromatic N) is 1. The summed E-state index contributed by atoms with van der Waals surface area (Å²) < 4.78 is 0. The zero-order valence-electron chi connectivity index (χ0n) is 14.0. The summed E-state index contributed by atoms with van der Waals surface area (Å²) in [4.78, 5) is 25.5. The molecular formula is C18H28N2O2. The lowest BCUT2D eigenvalue weighted by molar-refractivity contribution is -0.121. The van der Waals surface area contributed by atoms with Crippen molar-refractivity contribution in [3.8, 4) is 0 Å². The number of benzene rings is 1. The van der Waals surface area contributed by atoms with E-state index in [1.807, 2.05) is 24.3 Å². The van der Waals surface area contributed by atoms with Crippen LogP contribution in [0.4, 0.5) is 5.69 Å². The highest BCUT2D eigenvalue weighted by molar-refractivity contribution is 5.93. The zero-order valence-corrected chi connectivity index (χ0v) is 14.0. The molecule has 4 heteroatoms. The van der Waals surface area contributed by atoms with Crippen LogP contribution in [-0.4, -0.2) is 24.9 Å². The lowest BCUT2D eigenvalue weighted by Gasteiger charge is -2.23. The Balaban J connectivity index is 2.58. The number of rotatable bonds is 9. The van der Waals surface area contributed by atoms with Gasteiger partial charge in [0.25, 0.3) is 0 Å². The van der Waals surface area contributed by atoms with Crippen LogP contribution in [-0.2, 0) is 16.0 Å². The first kappa shape index (κ1) is 18.2. The quantitative estimate of drug-likeness (QED) is 0.712. The molecule has 2 amide bonds. The first-order chi connectivity index (χ1) is 10.6. The van der Waals surface area contributed by atoms with Crippen LogP contribution in [0.5, 0.6) is 0 Å². The van der Waals surface area contributed by atoms with E-state index in [0.29, 0.717) is 13.0 Å². The molecule has 1 aromatic rings. The predicted octanol–water partition coefficient (Wildman–Crippen LogP) is 3.30. The van der Waals surface area contributed by atoms with Crippen molar-refractivity contribution in [2.24, 2.45) is 0 Å². The largest absolute Gasteiger partial charge is 0.356 e. The van der Waals surface area contributed by atoms with E-state index in [0.717, 1.165) is 43.5 Å². The third-order valence-corrected chi connectivity index (χ3v) is 3.71. The molecule has 0 spiro atoms. The molecule has 122 valence electrons. The number of hydrogen-bond donors (Lipinski definition) is 1. The first-order valence-electron chi connectivity index (χ1n) is 8.22. The Labute approximate surface area is 133 Å². The number of para-hydroxylation sites is 1. The maximum absolute atomic E-state index is 11.9. The molecule has 22 heavy (non-hydrogen) atoms. The summed E-state index contributed by atoms with van der Waals surface area (Å²) >= 11 is 0. The number of hydrogen-bond acceptors (Lipinski definition) is 2. The van der Waals surface area contributed by atoms with Crippen LogP contribution in [0.25, 0.3) is 0 Å². The monoisotopic (exact) mass is 304 g/mol. The Hall–Kier alpha value is -1.84. The van der Waals surface area contributed by atoms with Gasteiger partial charge in [-0.05, 0) is 24.5 Å². The molecule has 0 unspecified atom stereocenters. The number of carbonyl (C=O) groups excluding carboxylic acids is 2. The lowest BCUT2D eigenvalue weighted by Crippen LogP contribution is -2.34. The zero-order chi connectivity index (χ0) is 16.4. The van der Waals surface area contributed by atoms with Crippen molar-refractivity contribution in [1.82, 2.24) is 5.32 Å². The van der Waals surface area contributed by atoms with Crippen LogP contribution in [0.2, 0.25) is 0 Å². The van der Waals surface area contributed by atoms with Gasteiger partial charge in [0.2, 0.25) is 11.8 Å². The van der Waals surface area contributed by atoms with Crippen molar-refractivity contribution in [3.05, 3.63) is 29.8 Å². The maximum Gasteiger partial charge on any atom is 0.223 e. The van der Waals surface area contributed by atoms with Gasteiger partial charge in [0.15, 0.2) is 0 Å². The van der Waals surface area contributed by atoms with Crippen molar-refractivity contribution in [3.63, 3.8) is 0 Å². The molecule has 0 fully saturated rings. The average Bonchev–Trinajstić information content (AvgIpc) is 2.52. The molecule has 0 aromatic heterocycles. The fourth-order valence-corrected chi connectivity index (χ4v) is 2.43. The Bertz CT molecular complexity index is 486. The molecule has 1 aromatic carbocycles. The van der Waals surface area contributed by atoms with Gasteiger partial charge in [-0.25, -0.2) is 0 Å². The summed E-state index contributed by atoms with van der Waals surface area (Å²) in [6.45, 7) is 6.89. The van der Waals surface area contributed by atoms with E-state index in [4.69, 9.17) is 0 Å². The minimum Gasteiger partial charge on any atom is -0.356 e. The number of unbranched alkanes of at least 4 members (excludes halogenated alkanes) is 2. The van der Waals surface area contributed by atoms with Gasteiger partial charge in [-0.1, -0.05) is 44.9 Å². The number of anilines is 1. The predicted molar refractivity (Wildman–Crippen MR) is 91.0 cm³/mol. The van der Waals surface area contributed by atoms with E-state index in [1.54, 1.807) is 11.8 Å². The van der Waals surface area contributed by atoms with Gasteiger partial charge in [-0.15, -0.1) is 0 Å². The number of amides is 2. The van der Waals surface area contributed by atoms with E-state index in [9.17, 15) is 9.59 Å². The van der Waals surface area contributed by atoms with Crippen molar-refractivity contribution in [2.75, 3.05) is 18.0 Å². The minimum absolute atomic E-state index is 0.0105. The molecule has 0 atom stereocenters. The molecule has 0 aliphatic heterocycles. The Morgan fingerprint density at radius 2 is 1.86 bits per heavy atom. The number of nitrogens with one attached hydrogen (secondary N) is 1. The summed E-state index contributed by atoms with van der Waals surface area (Å²) in [6.07, 6.45) is 4.48. The highest BCUT2D eigenvalue weighted by atomic mass is 16.2. The van der Waals surface area contributed by atoms with Crippen LogP contribution in [0.3, 0.4) is 0 Å². The van der Waals surface area contributed by atoms with Gasteiger partial charge in [0.1, 0.15) is 0 Å². The molecule has 0 aliphatic carbocycles. The molecule has 4 nitrogen and oxygen atoms in total. The van der Waals surface area contributed by atoms with E-state index in [1.165, 1.54) is 0 Å². The van der Waals surface area contributed by atoms with Gasteiger partial charge in [0.05, 0.1) is 0 Å². The highest BCUT2D eigenvalue weighted by Gasteiger charge is 2.15. The normalized spacial score (nSPS) is 10.3. The topological polar surface area (TPSA) is 49.4 Å². The lowest BCUT2D eigenvalue weighted by atomic mass is 10.1. The summed E-state index contributed by atoms with van der Waals surface area (Å²) in [5.74, 6) is -0.0176. The van der Waals surface area contributed by atoms with E-state index >= 15 is 0 Å². The fourth-order valence-electron chi connectivity index (χ4n) is 2.43.